The van der Waals surface area contributed by atoms with Crippen molar-refractivity contribution in [1.29, 1.82) is 0 Å². The van der Waals surface area contributed by atoms with Gasteiger partial charge in [-0.25, -0.2) is 8.42 Å². The van der Waals surface area contributed by atoms with Crippen LogP contribution < -0.4 is 4.90 Å². The molecule has 0 atom stereocenters. The highest BCUT2D eigenvalue weighted by atomic mass is 35.5. The molecular formula is C12H18ClNO2S. The summed E-state index contributed by atoms with van der Waals surface area (Å²) < 4.78 is 23.4. The summed E-state index contributed by atoms with van der Waals surface area (Å²) in [5.41, 5.74) is 0.378. The number of benzene rings is 1. The Morgan fingerprint density at radius 1 is 1.29 bits per heavy atom. The molecule has 5 heteroatoms. The van der Waals surface area contributed by atoms with Gasteiger partial charge in [0, 0.05) is 24.7 Å². The molecule has 0 spiro atoms. The number of halogens is 1. The van der Waals surface area contributed by atoms with Gasteiger partial charge < -0.3 is 4.90 Å². The maximum Gasteiger partial charge on any atom is 0.177 e. The molecule has 17 heavy (non-hydrogen) atoms. The molecule has 96 valence electrons. The number of nitrogens with zero attached hydrogens (tertiary/aromatic N) is 1. The second-order valence-corrected chi connectivity index (χ2v) is 7.00. The van der Waals surface area contributed by atoms with Gasteiger partial charge in [-0.2, -0.15) is 0 Å². The zero-order valence-electron chi connectivity index (χ0n) is 10.6. The Labute approximate surface area is 108 Å². The Morgan fingerprint density at radius 2 is 1.82 bits per heavy atom. The summed E-state index contributed by atoms with van der Waals surface area (Å²) in [6.45, 7) is 3.94. The summed E-state index contributed by atoms with van der Waals surface area (Å²) in [4.78, 5) is 2.23. The highest BCUT2D eigenvalue weighted by molar-refractivity contribution is 7.90. The van der Waals surface area contributed by atoms with E-state index in [1.165, 1.54) is 6.26 Å². The quantitative estimate of drug-likeness (QED) is 0.793. The summed E-state index contributed by atoms with van der Waals surface area (Å²) in [6, 6.07) is 6.96. The van der Waals surface area contributed by atoms with Crippen LogP contribution in [0.2, 0.25) is 0 Å². The van der Waals surface area contributed by atoms with Crippen LogP contribution in [-0.4, -0.2) is 33.1 Å². The summed E-state index contributed by atoms with van der Waals surface area (Å²) in [5.74, 6) is 0.418. The molecule has 1 aromatic carbocycles. The van der Waals surface area contributed by atoms with Crippen LogP contribution in [0.4, 0.5) is 5.69 Å². The minimum atomic E-state index is -3.23. The fourth-order valence-electron chi connectivity index (χ4n) is 1.46. The average Bonchev–Trinajstić information content (AvgIpc) is 2.27. The highest BCUT2D eigenvalue weighted by Gasteiger charge is 2.26. The van der Waals surface area contributed by atoms with E-state index in [4.69, 9.17) is 11.6 Å². The largest absolute Gasteiger partial charge is 0.367 e. The van der Waals surface area contributed by atoms with E-state index < -0.39 is 9.84 Å². The van der Waals surface area contributed by atoms with Crippen LogP contribution in [0.1, 0.15) is 13.8 Å². The summed E-state index contributed by atoms with van der Waals surface area (Å²) in [7, 11) is -1.38. The van der Waals surface area contributed by atoms with E-state index in [0.717, 1.165) is 0 Å². The van der Waals surface area contributed by atoms with Crippen molar-refractivity contribution in [2.24, 2.45) is 0 Å². The van der Waals surface area contributed by atoms with Crippen LogP contribution in [0.15, 0.2) is 29.2 Å². The number of alkyl halides is 1. The molecule has 0 aromatic heterocycles. The van der Waals surface area contributed by atoms with Gasteiger partial charge >= 0.3 is 0 Å². The molecule has 0 N–H and O–H groups in total. The van der Waals surface area contributed by atoms with E-state index in [1.54, 1.807) is 18.2 Å². The molecule has 0 heterocycles. The molecule has 0 unspecified atom stereocenters. The topological polar surface area (TPSA) is 37.4 Å². The van der Waals surface area contributed by atoms with Crippen molar-refractivity contribution < 1.29 is 8.42 Å². The first-order valence-corrected chi connectivity index (χ1v) is 7.71. The first-order chi connectivity index (χ1) is 7.70. The van der Waals surface area contributed by atoms with Crippen molar-refractivity contribution >= 4 is 27.1 Å². The Kier molecular flexibility index (Phi) is 4.10. The Hall–Kier alpha value is -0.740. The van der Waals surface area contributed by atoms with Crippen LogP contribution in [-0.2, 0) is 9.84 Å². The number of rotatable bonds is 4. The molecule has 1 aromatic rings. The zero-order chi connectivity index (χ0) is 13.3. The van der Waals surface area contributed by atoms with Gasteiger partial charge in [0.2, 0.25) is 0 Å². The summed E-state index contributed by atoms with van der Waals surface area (Å²) >= 11 is 5.91. The van der Waals surface area contributed by atoms with Gasteiger partial charge in [-0.05, 0) is 26.0 Å². The van der Waals surface area contributed by atoms with E-state index in [1.807, 2.05) is 31.9 Å². The van der Waals surface area contributed by atoms with Gasteiger partial charge in [-0.15, -0.1) is 11.6 Å². The van der Waals surface area contributed by atoms with Gasteiger partial charge in [0.25, 0.3) is 0 Å². The van der Waals surface area contributed by atoms with E-state index in [9.17, 15) is 8.42 Å². The van der Waals surface area contributed by atoms with E-state index >= 15 is 0 Å². The van der Waals surface area contributed by atoms with Crippen molar-refractivity contribution in [2.75, 3.05) is 24.1 Å². The second-order valence-electron chi connectivity index (χ2n) is 4.74. The van der Waals surface area contributed by atoms with Gasteiger partial charge in [0.1, 0.15) is 0 Å². The third kappa shape index (κ3) is 3.13. The van der Waals surface area contributed by atoms with Crippen LogP contribution >= 0.6 is 11.6 Å². The van der Waals surface area contributed by atoms with Crippen molar-refractivity contribution in [3.8, 4) is 0 Å². The standard InChI is InChI=1S/C12H18ClNO2S/c1-12(2,9-13)14(3)10-7-5-6-8-11(10)17(4,15)16/h5-8H,9H2,1-4H3. The molecular weight excluding hydrogens is 258 g/mol. The predicted octanol–water partition coefficient (Wildman–Crippen LogP) is 2.54. The molecule has 3 nitrogen and oxygen atoms in total. The van der Waals surface area contributed by atoms with Crippen LogP contribution in [0.3, 0.4) is 0 Å². The molecule has 0 radical (unpaired) electrons. The molecule has 0 aliphatic rings. The third-order valence-electron chi connectivity index (χ3n) is 2.86. The van der Waals surface area contributed by atoms with Gasteiger partial charge in [0.15, 0.2) is 9.84 Å². The Morgan fingerprint density at radius 3 is 2.29 bits per heavy atom. The summed E-state index contributed by atoms with van der Waals surface area (Å²) in [6.07, 6.45) is 1.22. The van der Waals surface area contributed by atoms with Gasteiger partial charge in [0.05, 0.1) is 10.6 Å². The average molecular weight is 276 g/mol. The lowest BCUT2D eigenvalue weighted by molar-refractivity contribution is 0.540. The number of sulfone groups is 1. The van der Waals surface area contributed by atoms with Crippen molar-refractivity contribution in [2.45, 2.75) is 24.3 Å². The third-order valence-corrected chi connectivity index (χ3v) is 4.66. The fraction of sp³-hybridized carbons (Fsp3) is 0.500. The fourth-order valence-corrected chi connectivity index (χ4v) is 2.55. The number of para-hydroxylation sites is 1. The molecule has 0 saturated carbocycles. The highest BCUT2D eigenvalue weighted by Crippen LogP contribution is 2.29. The molecule has 0 aliphatic heterocycles. The lowest BCUT2D eigenvalue weighted by atomic mass is 10.1. The lowest BCUT2D eigenvalue weighted by Gasteiger charge is -2.36. The van der Waals surface area contributed by atoms with Crippen LogP contribution in [0, 0.1) is 0 Å². The molecule has 1 rings (SSSR count). The second kappa shape index (κ2) is 4.86. The predicted molar refractivity (Wildman–Crippen MR) is 72.8 cm³/mol. The van der Waals surface area contributed by atoms with Gasteiger partial charge in [-0.3, -0.25) is 0 Å². The molecule has 0 amide bonds. The Balaban J connectivity index is 3.33. The van der Waals surface area contributed by atoms with E-state index in [0.29, 0.717) is 16.5 Å². The van der Waals surface area contributed by atoms with Crippen molar-refractivity contribution in [3.63, 3.8) is 0 Å². The SMILES string of the molecule is CN(c1ccccc1S(C)(=O)=O)C(C)(C)CCl. The van der Waals surface area contributed by atoms with Gasteiger partial charge in [-0.1, -0.05) is 12.1 Å². The van der Waals surface area contributed by atoms with Crippen LogP contribution in [0.25, 0.3) is 0 Å². The smallest absolute Gasteiger partial charge is 0.177 e. The van der Waals surface area contributed by atoms with E-state index in [-0.39, 0.29) is 5.54 Å². The molecule has 0 fully saturated rings. The normalized spacial score (nSPS) is 12.5. The first-order valence-electron chi connectivity index (χ1n) is 5.29. The summed E-state index contributed by atoms with van der Waals surface area (Å²) in [5, 5.41) is 0. The molecule has 0 bridgehead atoms. The lowest BCUT2D eigenvalue weighted by Crippen LogP contribution is -2.43. The molecule has 0 aliphatic carbocycles. The Bertz CT molecular complexity index is 497. The first kappa shape index (κ1) is 14.3. The maximum atomic E-state index is 11.7. The van der Waals surface area contributed by atoms with Crippen molar-refractivity contribution in [3.05, 3.63) is 24.3 Å². The maximum absolute atomic E-state index is 11.7. The number of hydrogen-bond donors (Lipinski definition) is 0. The minimum Gasteiger partial charge on any atom is -0.367 e. The number of hydrogen-bond acceptors (Lipinski definition) is 3. The van der Waals surface area contributed by atoms with Crippen molar-refractivity contribution in [1.82, 2.24) is 0 Å². The minimum absolute atomic E-state index is 0.303. The monoisotopic (exact) mass is 275 g/mol. The zero-order valence-corrected chi connectivity index (χ0v) is 12.1. The van der Waals surface area contributed by atoms with Crippen LogP contribution in [0.5, 0.6) is 0 Å². The number of anilines is 1. The molecule has 0 saturated heterocycles. The van der Waals surface area contributed by atoms with E-state index in [2.05, 4.69) is 0 Å².